The number of carbonyl (C=O) groups excluding carboxylic acids is 2. The van der Waals surface area contributed by atoms with Crippen LogP contribution in [0.4, 0.5) is 16.2 Å². The number of carbonyl (C=O) groups is 2. The van der Waals surface area contributed by atoms with Crippen LogP contribution in [0.2, 0.25) is 0 Å². The predicted molar refractivity (Wildman–Crippen MR) is 136 cm³/mol. The van der Waals surface area contributed by atoms with E-state index in [1.807, 2.05) is 80.6 Å². The highest BCUT2D eigenvalue weighted by Gasteiger charge is 2.59. The third-order valence-electron chi connectivity index (χ3n) is 6.34. The molecule has 3 aromatic rings. The van der Waals surface area contributed by atoms with Gasteiger partial charge in [0.15, 0.2) is 4.87 Å². The molecule has 0 aliphatic carbocycles. The topological polar surface area (TPSA) is 61.9 Å². The number of benzene rings is 3. The van der Waals surface area contributed by atoms with Gasteiger partial charge in [-0.05, 0) is 55.3 Å². The molecule has 3 aromatic carbocycles. The van der Waals surface area contributed by atoms with Crippen LogP contribution < -0.4 is 15.0 Å². The second-order valence-corrected chi connectivity index (χ2v) is 9.99. The van der Waals surface area contributed by atoms with Gasteiger partial charge in [0, 0.05) is 23.5 Å². The van der Waals surface area contributed by atoms with Crippen LogP contribution in [0, 0.1) is 13.8 Å². The van der Waals surface area contributed by atoms with Crippen molar-refractivity contribution in [3.63, 3.8) is 0 Å². The molecule has 0 radical (unpaired) electrons. The fourth-order valence-corrected chi connectivity index (χ4v) is 6.21. The maximum atomic E-state index is 14.1. The third kappa shape index (κ3) is 3.70. The molecule has 0 unspecified atom stereocenters. The first-order chi connectivity index (χ1) is 16.4. The second kappa shape index (κ2) is 8.72. The van der Waals surface area contributed by atoms with Crippen LogP contribution in [0.1, 0.15) is 22.3 Å². The minimum Gasteiger partial charge on any atom is -0.497 e. The number of thioether (sulfide) groups is 1. The lowest BCUT2D eigenvalue weighted by Gasteiger charge is -2.33. The van der Waals surface area contributed by atoms with Gasteiger partial charge in [-0.2, -0.15) is 0 Å². The van der Waals surface area contributed by atoms with E-state index >= 15 is 0 Å². The molecule has 2 heterocycles. The lowest BCUT2D eigenvalue weighted by molar-refractivity contribution is -0.123. The summed E-state index contributed by atoms with van der Waals surface area (Å²) in [7, 11) is 1.63. The van der Waals surface area contributed by atoms with Gasteiger partial charge in [-0.1, -0.05) is 42.0 Å². The van der Waals surface area contributed by atoms with E-state index in [4.69, 9.17) is 4.74 Å². The first-order valence-electron chi connectivity index (χ1n) is 11.3. The maximum Gasteiger partial charge on any atom is 0.323 e. The van der Waals surface area contributed by atoms with Crippen LogP contribution >= 0.6 is 11.8 Å². The number of hydrogen-bond acceptors (Lipinski definition) is 4. The number of nitrogens with zero attached hydrogens (tertiary/aromatic N) is 2. The van der Waals surface area contributed by atoms with Gasteiger partial charge in [0.2, 0.25) is 0 Å². The number of anilines is 2. The van der Waals surface area contributed by atoms with Crippen molar-refractivity contribution in [1.29, 1.82) is 0 Å². The minimum absolute atomic E-state index is 0.0854. The van der Waals surface area contributed by atoms with Gasteiger partial charge in [-0.3, -0.25) is 9.69 Å². The SMILES string of the molecule is COc1cccc(CN2C(=O)[C@]3(SCCN3C(=O)Nc3cccc(C)c3)c3cc(C)ccc32)c1. The average molecular weight is 474 g/mol. The molecule has 34 heavy (non-hydrogen) atoms. The molecule has 2 aliphatic rings. The summed E-state index contributed by atoms with van der Waals surface area (Å²) in [6.07, 6.45) is 0. The fourth-order valence-electron chi connectivity index (χ4n) is 4.75. The molecule has 5 rings (SSSR count). The van der Waals surface area contributed by atoms with Gasteiger partial charge in [0.1, 0.15) is 5.75 Å². The van der Waals surface area contributed by atoms with E-state index in [1.54, 1.807) is 16.9 Å². The van der Waals surface area contributed by atoms with Gasteiger partial charge in [0.05, 0.1) is 19.3 Å². The van der Waals surface area contributed by atoms with Gasteiger partial charge < -0.3 is 15.0 Å². The fraction of sp³-hybridized carbons (Fsp3) is 0.259. The van der Waals surface area contributed by atoms with Crippen molar-refractivity contribution in [2.45, 2.75) is 25.3 Å². The van der Waals surface area contributed by atoms with Crippen LogP contribution in [-0.4, -0.2) is 36.2 Å². The molecule has 7 heteroatoms. The number of hydrogen-bond donors (Lipinski definition) is 1. The molecular weight excluding hydrogens is 446 g/mol. The normalized spacial score (nSPS) is 19.0. The van der Waals surface area contributed by atoms with Gasteiger partial charge in [-0.15, -0.1) is 11.8 Å². The number of ether oxygens (including phenoxy) is 1. The Morgan fingerprint density at radius 2 is 1.85 bits per heavy atom. The van der Waals surface area contributed by atoms with Crippen molar-refractivity contribution in [1.82, 2.24) is 4.90 Å². The Kier molecular flexibility index (Phi) is 5.73. The molecule has 6 nitrogen and oxygen atoms in total. The number of urea groups is 1. The van der Waals surface area contributed by atoms with E-state index in [-0.39, 0.29) is 11.9 Å². The zero-order valence-corrected chi connectivity index (χ0v) is 20.3. The average Bonchev–Trinajstić information content (AvgIpc) is 3.36. The summed E-state index contributed by atoms with van der Waals surface area (Å²) in [5.41, 5.74) is 5.53. The molecule has 0 saturated carbocycles. The molecule has 0 aromatic heterocycles. The van der Waals surface area contributed by atoms with Gasteiger partial charge in [-0.25, -0.2) is 4.79 Å². The molecule has 1 fully saturated rings. The van der Waals surface area contributed by atoms with Crippen molar-refractivity contribution in [2.75, 3.05) is 29.6 Å². The smallest absolute Gasteiger partial charge is 0.323 e. The Hall–Kier alpha value is -3.45. The number of methoxy groups -OCH3 is 1. The number of nitrogens with one attached hydrogen (secondary N) is 1. The third-order valence-corrected chi connectivity index (χ3v) is 7.76. The van der Waals surface area contributed by atoms with E-state index in [1.165, 1.54) is 11.8 Å². The summed E-state index contributed by atoms with van der Waals surface area (Å²) in [6.45, 7) is 4.90. The van der Waals surface area contributed by atoms with E-state index in [0.29, 0.717) is 18.8 Å². The largest absolute Gasteiger partial charge is 0.497 e. The quantitative estimate of drug-likeness (QED) is 0.559. The zero-order valence-electron chi connectivity index (χ0n) is 19.5. The number of rotatable bonds is 4. The molecule has 0 bridgehead atoms. The molecule has 1 spiro atoms. The van der Waals surface area contributed by atoms with Crippen molar-refractivity contribution in [3.8, 4) is 5.75 Å². The van der Waals surface area contributed by atoms with Crippen molar-refractivity contribution in [2.24, 2.45) is 0 Å². The monoisotopic (exact) mass is 473 g/mol. The van der Waals surface area contributed by atoms with Crippen molar-refractivity contribution >= 4 is 35.1 Å². The highest BCUT2D eigenvalue weighted by molar-refractivity contribution is 8.01. The van der Waals surface area contributed by atoms with E-state index < -0.39 is 4.87 Å². The second-order valence-electron chi connectivity index (χ2n) is 8.71. The molecule has 2 aliphatic heterocycles. The first-order valence-corrected chi connectivity index (χ1v) is 12.3. The van der Waals surface area contributed by atoms with Gasteiger partial charge >= 0.3 is 6.03 Å². The Morgan fingerprint density at radius 3 is 2.65 bits per heavy atom. The molecule has 1 saturated heterocycles. The number of aryl methyl sites for hydroxylation is 2. The number of fused-ring (bicyclic) bond motifs is 2. The molecule has 1 atom stereocenters. The van der Waals surface area contributed by atoms with Crippen LogP contribution in [0.5, 0.6) is 5.75 Å². The minimum atomic E-state index is -1.08. The van der Waals surface area contributed by atoms with Crippen LogP contribution in [0.25, 0.3) is 0 Å². The van der Waals surface area contributed by atoms with Crippen molar-refractivity contribution < 1.29 is 14.3 Å². The molecular formula is C27H27N3O3S. The van der Waals surface area contributed by atoms with Crippen molar-refractivity contribution in [3.05, 3.63) is 89.0 Å². The lowest BCUT2D eigenvalue weighted by atomic mass is 10.0. The molecule has 3 amide bonds. The van der Waals surface area contributed by atoms with E-state index in [2.05, 4.69) is 5.32 Å². The summed E-state index contributed by atoms with van der Waals surface area (Å²) in [6, 6.07) is 21.2. The van der Waals surface area contributed by atoms with Crippen LogP contribution in [-0.2, 0) is 16.2 Å². The lowest BCUT2D eigenvalue weighted by Crippen LogP contribution is -2.51. The molecule has 1 N–H and O–H groups in total. The zero-order chi connectivity index (χ0) is 23.9. The molecule has 174 valence electrons. The highest BCUT2D eigenvalue weighted by Crippen LogP contribution is 2.54. The summed E-state index contributed by atoms with van der Waals surface area (Å²) < 4.78 is 5.37. The highest BCUT2D eigenvalue weighted by atomic mass is 32.2. The van der Waals surface area contributed by atoms with Crippen LogP contribution in [0.15, 0.2) is 66.7 Å². The Morgan fingerprint density at radius 1 is 1.06 bits per heavy atom. The predicted octanol–water partition coefficient (Wildman–Crippen LogP) is 5.29. The Labute approximate surface area is 203 Å². The first kappa shape index (κ1) is 22.3. The Bertz CT molecular complexity index is 1280. The summed E-state index contributed by atoms with van der Waals surface area (Å²) in [5, 5.41) is 3.01. The summed E-state index contributed by atoms with van der Waals surface area (Å²) in [5.74, 6) is 1.35. The Balaban J connectivity index is 1.53. The maximum absolute atomic E-state index is 14.1. The summed E-state index contributed by atoms with van der Waals surface area (Å²) in [4.78, 5) is 30.0. The standard InChI is InChI=1S/C27H27N3O3S/c1-18-6-4-8-21(14-18)28-26(32)30-12-13-34-27(30)23-15-19(2)10-11-24(23)29(25(27)31)17-20-7-5-9-22(16-20)33-3/h4-11,14-16H,12-13,17H2,1-3H3,(H,28,32)/t27-/m1/s1. The van der Waals surface area contributed by atoms with Gasteiger partial charge in [0.25, 0.3) is 5.91 Å². The number of amides is 3. The van der Waals surface area contributed by atoms with E-state index in [9.17, 15) is 9.59 Å². The van der Waals surface area contributed by atoms with E-state index in [0.717, 1.165) is 39.4 Å². The van der Waals surface area contributed by atoms with Crippen LogP contribution in [0.3, 0.4) is 0 Å². The summed E-state index contributed by atoms with van der Waals surface area (Å²) >= 11 is 1.53.